The van der Waals surface area contributed by atoms with E-state index in [0.29, 0.717) is 39.9 Å². The van der Waals surface area contributed by atoms with Gasteiger partial charge in [0.2, 0.25) is 5.69 Å². The van der Waals surface area contributed by atoms with Gasteiger partial charge in [-0.25, -0.2) is 4.98 Å². The zero-order chi connectivity index (χ0) is 52.2. The molecule has 9 aromatic rings. The van der Waals surface area contributed by atoms with Gasteiger partial charge in [-0.1, -0.05) is 121 Å². The summed E-state index contributed by atoms with van der Waals surface area (Å²) in [5, 5.41) is 1.86. The Hall–Kier alpha value is -6.71. The van der Waals surface area contributed by atoms with Crippen LogP contribution in [0.3, 0.4) is 0 Å². The van der Waals surface area contributed by atoms with Gasteiger partial charge in [0.15, 0.2) is 0 Å². The number of hydrogen-bond acceptors (Lipinski definition) is 3. The molecule has 6 nitrogen and oxygen atoms in total. The van der Waals surface area contributed by atoms with Crippen LogP contribution in [0.25, 0.3) is 49.9 Å². The summed E-state index contributed by atoms with van der Waals surface area (Å²) in [5.41, 5.74) is 1.60. The molecule has 0 atom stereocenters. The molecule has 4 heterocycles. The summed E-state index contributed by atoms with van der Waals surface area (Å²) in [7, 11) is 0. The molecule has 1 aliphatic heterocycles. The topological polar surface area (TPSA) is 46.0 Å². The standard InChI is InChI=1S/C53H41N5O.Pt/c1-35-16-20-37(21-17-35)43-12-9-13-44(38-22-18-36(2)19-23-38)52(43)57-34-56(47-14-6-7-15-48(47)57)40-10-8-11-41(31-40)59-42-24-25-45-46-27-28-54-33-50(46)58(49(45)32-42)51-30-39(26-29-55-51)53(3,4)5;/h6-30,33H,1-5H3;/q;+2/i1D3,2D3,16D,17D,18D,19D,20D,21D,22D,23D;. The van der Waals surface area contributed by atoms with Crippen molar-refractivity contribution in [2.75, 3.05) is 0 Å². The number of fused-ring (bicyclic) bond motifs is 4. The fourth-order valence-corrected chi connectivity index (χ4v) is 7.31. The van der Waals surface area contributed by atoms with Gasteiger partial charge in [-0.05, 0) is 76.1 Å². The maximum atomic E-state index is 9.16. The Morgan fingerprint density at radius 2 is 1.37 bits per heavy atom. The second-order valence-corrected chi connectivity index (χ2v) is 14.9. The Kier molecular flexibility index (Phi) is 6.63. The number of nitrogens with zero attached hydrogens (tertiary/aromatic N) is 5. The van der Waals surface area contributed by atoms with Crippen LogP contribution in [0.5, 0.6) is 11.5 Å². The van der Waals surface area contributed by atoms with Crippen molar-refractivity contribution >= 4 is 50.6 Å². The second-order valence-electron chi connectivity index (χ2n) is 14.9. The molecule has 0 aliphatic carbocycles. The molecule has 0 spiro atoms. The Balaban J connectivity index is 0.00000672. The van der Waals surface area contributed by atoms with E-state index in [1.54, 1.807) is 65.6 Å². The van der Waals surface area contributed by atoms with Crippen LogP contribution >= 0.6 is 0 Å². The average molecular weight is 973 g/mol. The third-order valence-corrected chi connectivity index (χ3v) is 10.1. The maximum Gasteiger partial charge on any atom is 2.00 e. The van der Waals surface area contributed by atoms with Crippen LogP contribution in [-0.4, -0.2) is 20.5 Å². The van der Waals surface area contributed by atoms with E-state index in [0.717, 1.165) is 21.9 Å². The zero-order valence-electron chi connectivity index (χ0n) is 46.4. The van der Waals surface area contributed by atoms with E-state index in [1.165, 1.54) is 22.8 Å². The van der Waals surface area contributed by atoms with Crippen LogP contribution in [0.1, 0.15) is 56.7 Å². The third kappa shape index (κ3) is 6.98. The van der Waals surface area contributed by atoms with Crippen molar-refractivity contribution in [3.8, 4) is 39.6 Å². The number of para-hydroxylation sites is 3. The summed E-state index contributed by atoms with van der Waals surface area (Å²) < 4.78 is 132. The van der Waals surface area contributed by atoms with Crippen LogP contribution in [0.2, 0.25) is 0 Å². The molecule has 0 N–H and O–H groups in total. The Morgan fingerprint density at radius 3 is 2.05 bits per heavy atom. The van der Waals surface area contributed by atoms with E-state index in [-0.39, 0.29) is 54.4 Å². The Labute approximate surface area is 384 Å². The van der Waals surface area contributed by atoms with Gasteiger partial charge in [-0.3, -0.25) is 4.98 Å². The van der Waals surface area contributed by atoms with E-state index in [4.69, 9.17) is 28.9 Å². The molecule has 0 saturated carbocycles. The molecule has 0 radical (unpaired) electrons. The molecule has 60 heavy (non-hydrogen) atoms. The summed E-state index contributed by atoms with van der Waals surface area (Å²) in [6.07, 6.45) is 5.31. The second kappa shape index (κ2) is 15.5. The first-order valence-corrected chi connectivity index (χ1v) is 18.8. The van der Waals surface area contributed by atoms with Crippen LogP contribution < -0.4 is 13.9 Å². The van der Waals surface area contributed by atoms with Gasteiger partial charge >= 0.3 is 27.1 Å². The number of benzene rings is 6. The van der Waals surface area contributed by atoms with E-state index >= 15 is 0 Å². The molecular formula is C53H41N5OPt+2. The first-order valence-electron chi connectivity index (χ1n) is 25.8. The van der Waals surface area contributed by atoms with Crippen LogP contribution in [-0.2, 0) is 26.5 Å². The molecule has 3 aromatic heterocycles. The third-order valence-electron chi connectivity index (χ3n) is 10.1. The summed E-state index contributed by atoms with van der Waals surface area (Å²) >= 11 is 0. The minimum atomic E-state index is -3.01. The normalized spacial score (nSPS) is 16.0. The molecule has 10 rings (SSSR count). The molecule has 6 aromatic carbocycles. The van der Waals surface area contributed by atoms with Crippen molar-refractivity contribution in [1.29, 1.82) is 0 Å². The summed E-state index contributed by atoms with van der Waals surface area (Å²) in [6.45, 7) is 0.396. The molecule has 1 aliphatic rings. The van der Waals surface area contributed by atoms with Crippen molar-refractivity contribution in [1.82, 2.24) is 23.7 Å². The molecular weight excluding hydrogens is 918 g/mol. The Morgan fingerprint density at radius 1 is 0.700 bits per heavy atom. The van der Waals surface area contributed by atoms with Gasteiger partial charge in [0, 0.05) is 44.2 Å². The summed E-state index contributed by atoms with van der Waals surface area (Å²) in [5.74, 6) is 1.35. The van der Waals surface area contributed by atoms with Crippen molar-refractivity contribution in [3.05, 3.63) is 187 Å². The van der Waals surface area contributed by atoms with Gasteiger partial charge in [-0.2, -0.15) is 12.1 Å². The van der Waals surface area contributed by atoms with Crippen LogP contribution in [0.4, 0.5) is 22.7 Å². The number of ether oxygens (including phenoxy) is 1. The minimum absolute atomic E-state index is 0. The largest absolute Gasteiger partial charge is 2.00 e. The number of aromatic nitrogens is 3. The number of hydrogen-bond donors (Lipinski definition) is 0. The predicted molar refractivity (Wildman–Crippen MR) is 240 cm³/mol. The van der Waals surface area contributed by atoms with Crippen molar-refractivity contribution in [2.24, 2.45) is 0 Å². The quantitative estimate of drug-likeness (QED) is 0.118. The fraction of sp³-hybridized carbons (Fsp3) is 0.113. The van der Waals surface area contributed by atoms with Crippen molar-refractivity contribution in [3.63, 3.8) is 0 Å². The molecule has 7 heteroatoms. The summed E-state index contributed by atoms with van der Waals surface area (Å²) in [6, 6.07) is 30.6. The molecule has 0 bridgehead atoms. The van der Waals surface area contributed by atoms with Crippen LogP contribution in [0.15, 0.2) is 158 Å². The van der Waals surface area contributed by atoms with Crippen LogP contribution in [0, 0.1) is 25.8 Å². The van der Waals surface area contributed by atoms with E-state index < -0.39 is 73.2 Å². The maximum absolute atomic E-state index is 9.16. The SMILES string of the molecule is [2H]c1c([2H])c(C([2H])([2H])[2H])c([2H])c([2H])c1-c1cccc(-c2c([2H])c([2H])c(C([2H])([2H])[2H])c([2H])c2[2H])c1[N+]1=C=[N+](c2[c-]c(Oc3[c-]c4c(cc3)c3ccncc3n4-c3cc(C(C)(C)C)ccn3)ccc2)c2ccccc21.[Pt+2]. The van der Waals surface area contributed by atoms with Gasteiger partial charge in [0.05, 0.1) is 33.8 Å². The number of pyridine rings is 2. The van der Waals surface area contributed by atoms with Gasteiger partial charge in [0.25, 0.3) is 11.4 Å². The zero-order valence-corrected chi connectivity index (χ0v) is 34.6. The molecule has 292 valence electrons. The molecule has 0 fully saturated rings. The molecule has 0 unspecified atom stereocenters. The van der Waals surface area contributed by atoms with Crippen molar-refractivity contribution < 1.29 is 45.0 Å². The Bertz CT molecular complexity index is 3730. The van der Waals surface area contributed by atoms with E-state index in [1.807, 2.05) is 28.8 Å². The van der Waals surface area contributed by atoms with E-state index in [9.17, 15) is 0 Å². The van der Waals surface area contributed by atoms with Crippen molar-refractivity contribution in [2.45, 2.75) is 39.9 Å². The van der Waals surface area contributed by atoms with E-state index in [2.05, 4.69) is 50.0 Å². The smallest absolute Gasteiger partial charge is 0.509 e. The monoisotopic (exact) mass is 972 g/mol. The predicted octanol–water partition coefficient (Wildman–Crippen LogP) is 13.1. The van der Waals surface area contributed by atoms with Gasteiger partial charge < -0.3 is 9.30 Å². The first-order chi connectivity index (χ1) is 34.5. The first kappa shape index (κ1) is 25.7. The minimum Gasteiger partial charge on any atom is -0.509 e. The van der Waals surface area contributed by atoms with Gasteiger partial charge in [-0.15, -0.1) is 23.6 Å². The van der Waals surface area contributed by atoms with Gasteiger partial charge in [0.1, 0.15) is 11.5 Å². The average Bonchev–Trinajstić information content (AvgIpc) is 3.88. The number of rotatable bonds is 7. The molecule has 0 saturated heterocycles. The fourth-order valence-electron chi connectivity index (χ4n) is 7.31. The summed E-state index contributed by atoms with van der Waals surface area (Å²) in [4.78, 5) is 9.18. The molecule has 0 amide bonds.